The zero-order valence-corrected chi connectivity index (χ0v) is 19.0. The minimum Gasteiger partial charge on any atom is -0.390 e. The predicted octanol–water partition coefficient (Wildman–Crippen LogP) is -1.66. The Morgan fingerprint density at radius 2 is 1.88 bits per heavy atom. The molecule has 1 aliphatic rings. The lowest BCUT2D eigenvalue weighted by Crippen LogP contribution is -2.58. The van der Waals surface area contributed by atoms with Crippen LogP contribution in [-0.4, -0.2) is 59.0 Å². The van der Waals surface area contributed by atoms with Crippen LogP contribution in [0.15, 0.2) is 34.5 Å². The standard InChI is InChI=1S/C12H20N3O15P3/c1-2-5-26-12(13,28-32(22,23)30-33(24,25)29-31(19,20)21)10-7(16)6-9(27-10)15-4-3-8(17)14-11(15)18/h2-4,7,9-10,16H,1,5-6,13H2,(H,22,23)(H,24,25)(H,14,17,18)(H2,19,20,21)/t7-,9+,10-,12?/m0/s1. The van der Waals surface area contributed by atoms with Crippen LogP contribution in [0.4, 0.5) is 0 Å². The summed E-state index contributed by atoms with van der Waals surface area (Å²) >= 11 is 0. The number of hydrogen-bond acceptors (Lipinski definition) is 12. The number of aromatic amines is 1. The summed E-state index contributed by atoms with van der Waals surface area (Å²) in [6.07, 6.45) is -3.03. The molecule has 18 nitrogen and oxygen atoms in total. The van der Waals surface area contributed by atoms with E-state index < -0.39 is 65.7 Å². The monoisotopic (exact) mass is 539 g/mol. The van der Waals surface area contributed by atoms with E-state index >= 15 is 0 Å². The first-order valence-electron chi connectivity index (χ1n) is 8.50. The van der Waals surface area contributed by atoms with Crippen molar-refractivity contribution in [2.75, 3.05) is 6.61 Å². The molecule has 1 aromatic rings. The molecule has 1 fully saturated rings. The van der Waals surface area contributed by atoms with Gasteiger partial charge in [0.05, 0.1) is 12.7 Å². The van der Waals surface area contributed by atoms with Gasteiger partial charge in [-0.2, -0.15) is 8.62 Å². The van der Waals surface area contributed by atoms with Crippen LogP contribution in [0.1, 0.15) is 12.6 Å². The highest BCUT2D eigenvalue weighted by Crippen LogP contribution is 2.67. The van der Waals surface area contributed by atoms with E-state index in [1.54, 1.807) is 0 Å². The van der Waals surface area contributed by atoms with Gasteiger partial charge in [-0.25, -0.2) is 23.0 Å². The van der Waals surface area contributed by atoms with Crippen molar-refractivity contribution in [3.8, 4) is 0 Å². The molecule has 2 heterocycles. The molecule has 8 N–H and O–H groups in total. The number of phosphoric acid groups is 3. The summed E-state index contributed by atoms with van der Waals surface area (Å²) in [4.78, 5) is 61.4. The second kappa shape index (κ2) is 10.1. The molecular formula is C12H20N3O15P3. The Kier molecular flexibility index (Phi) is 8.55. The van der Waals surface area contributed by atoms with Crippen molar-refractivity contribution in [1.82, 2.24) is 9.55 Å². The van der Waals surface area contributed by atoms with Gasteiger partial charge in [-0.05, 0) is 0 Å². The SMILES string of the molecule is C=CCOC(N)(OP(=O)(O)OP(=O)(O)OP(=O)(O)O)[C@H]1O[C@@H](n2ccc(=O)[nH]c2=O)C[C@@H]1O. The first-order chi connectivity index (χ1) is 15.0. The van der Waals surface area contributed by atoms with E-state index in [1.165, 1.54) is 0 Å². The minimum absolute atomic E-state index is 0.368. The summed E-state index contributed by atoms with van der Waals surface area (Å²) in [5, 5.41) is 10.4. The third-order valence-corrected chi connectivity index (χ3v) is 7.60. The largest absolute Gasteiger partial charge is 0.490 e. The van der Waals surface area contributed by atoms with Crippen LogP contribution < -0.4 is 17.0 Å². The molecule has 2 rings (SSSR count). The third-order valence-electron chi connectivity index (χ3n) is 3.75. The van der Waals surface area contributed by atoms with Crippen molar-refractivity contribution in [2.24, 2.45) is 5.73 Å². The van der Waals surface area contributed by atoms with E-state index in [-0.39, 0.29) is 6.42 Å². The Bertz CT molecular complexity index is 1130. The number of nitrogens with one attached hydrogen (secondary N) is 1. The summed E-state index contributed by atoms with van der Waals surface area (Å²) in [5.41, 5.74) is 4.17. The van der Waals surface area contributed by atoms with Gasteiger partial charge in [-0.1, -0.05) is 6.08 Å². The highest BCUT2D eigenvalue weighted by molar-refractivity contribution is 7.66. The molecule has 188 valence electrons. The highest BCUT2D eigenvalue weighted by atomic mass is 31.3. The lowest BCUT2D eigenvalue weighted by Gasteiger charge is -2.35. The fourth-order valence-corrected chi connectivity index (χ4v) is 5.82. The maximum absolute atomic E-state index is 12.2. The Labute approximate surface area is 183 Å². The molecule has 1 aromatic heterocycles. The summed E-state index contributed by atoms with van der Waals surface area (Å²) in [6, 6.07) is 0.973. The molecule has 0 saturated carbocycles. The van der Waals surface area contributed by atoms with E-state index in [0.717, 1.165) is 22.9 Å². The Morgan fingerprint density at radius 3 is 2.42 bits per heavy atom. The second-order valence-electron chi connectivity index (χ2n) is 6.34. The van der Waals surface area contributed by atoms with Crippen molar-refractivity contribution in [3.05, 3.63) is 45.8 Å². The fraction of sp³-hybridized carbons (Fsp3) is 0.500. The number of aromatic nitrogens is 2. The molecular weight excluding hydrogens is 519 g/mol. The van der Waals surface area contributed by atoms with Gasteiger partial charge >= 0.3 is 29.2 Å². The van der Waals surface area contributed by atoms with Crippen LogP contribution >= 0.6 is 23.5 Å². The van der Waals surface area contributed by atoms with Crippen molar-refractivity contribution in [3.63, 3.8) is 0 Å². The van der Waals surface area contributed by atoms with Crippen molar-refractivity contribution in [2.45, 2.75) is 30.8 Å². The molecule has 1 saturated heterocycles. The summed E-state index contributed by atoms with van der Waals surface area (Å²) in [6.45, 7) is 2.82. The quantitative estimate of drug-likeness (QED) is 0.0941. The number of aliphatic hydroxyl groups is 1. The van der Waals surface area contributed by atoms with Crippen molar-refractivity contribution < 1.29 is 61.0 Å². The number of rotatable bonds is 11. The molecule has 3 unspecified atom stereocenters. The molecule has 0 spiro atoms. The van der Waals surface area contributed by atoms with Crippen LogP contribution in [0, 0.1) is 0 Å². The summed E-state index contributed by atoms with van der Waals surface area (Å²) in [7, 11) is -17.3. The molecule has 33 heavy (non-hydrogen) atoms. The van der Waals surface area contributed by atoms with Crippen LogP contribution in [0.3, 0.4) is 0 Å². The van der Waals surface area contributed by atoms with Gasteiger partial charge < -0.3 is 34.2 Å². The fourth-order valence-electron chi connectivity index (χ4n) is 2.67. The first kappa shape index (κ1) is 27.9. The number of nitrogens with two attached hydrogens (primary N) is 1. The van der Waals surface area contributed by atoms with E-state index in [1.807, 2.05) is 4.98 Å². The second-order valence-corrected chi connectivity index (χ2v) is 10.7. The maximum atomic E-state index is 12.2. The molecule has 0 aromatic carbocycles. The van der Waals surface area contributed by atoms with E-state index in [0.29, 0.717) is 0 Å². The molecule has 1 aliphatic heterocycles. The topological polar surface area (TPSA) is 279 Å². The van der Waals surface area contributed by atoms with Gasteiger partial charge in [-0.15, -0.1) is 6.58 Å². The van der Waals surface area contributed by atoms with Crippen LogP contribution in [0.5, 0.6) is 0 Å². The molecule has 6 atom stereocenters. The molecule has 21 heteroatoms. The molecule has 0 bridgehead atoms. The van der Waals surface area contributed by atoms with Crippen LogP contribution in [-0.2, 0) is 36.3 Å². The maximum Gasteiger partial charge on any atom is 0.490 e. The highest BCUT2D eigenvalue weighted by Gasteiger charge is 2.54. The number of aliphatic hydroxyl groups excluding tert-OH is 1. The summed E-state index contributed by atoms with van der Waals surface area (Å²) < 4.78 is 57.6. The van der Waals surface area contributed by atoms with Gasteiger partial charge in [0.15, 0.2) is 6.10 Å². The van der Waals surface area contributed by atoms with E-state index in [4.69, 9.17) is 25.0 Å². The van der Waals surface area contributed by atoms with E-state index in [9.17, 15) is 38.2 Å². The predicted molar refractivity (Wildman–Crippen MR) is 104 cm³/mol. The zero-order valence-electron chi connectivity index (χ0n) is 16.3. The Balaban J connectivity index is 2.31. The number of ether oxygens (including phenoxy) is 2. The van der Waals surface area contributed by atoms with Gasteiger partial charge in [-0.3, -0.25) is 20.1 Å². The normalized spacial score (nSPS) is 26.8. The number of phosphoric ester groups is 1. The first-order valence-corrected chi connectivity index (χ1v) is 13.0. The van der Waals surface area contributed by atoms with Crippen molar-refractivity contribution >= 4 is 23.5 Å². The van der Waals surface area contributed by atoms with Crippen LogP contribution in [0.2, 0.25) is 0 Å². The Hall–Kier alpha value is -1.33. The van der Waals surface area contributed by atoms with Crippen molar-refractivity contribution in [1.29, 1.82) is 0 Å². The average Bonchev–Trinajstić information content (AvgIpc) is 2.98. The minimum atomic E-state index is -5.88. The molecule has 0 aliphatic carbocycles. The van der Waals surface area contributed by atoms with E-state index in [2.05, 4.69) is 19.7 Å². The number of hydrogen-bond donors (Lipinski definition) is 7. The molecule has 0 radical (unpaired) electrons. The third kappa shape index (κ3) is 7.85. The Morgan fingerprint density at radius 1 is 1.24 bits per heavy atom. The lowest BCUT2D eigenvalue weighted by atomic mass is 10.1. The van der Waals surface area contributed by atoms with Gasteiger partial charge in [0.25, 0.3) is 11.5 Å². The average molecular weight is 539 g/mol. The van der Waals surface area contributed by atoms with Gasteiger partial charge in [0.1, 0.15) is 6.23 Å². The van der Waals surface area contributed by atoms with Crippen LogP contribution in [0.25, 0.3) is 0 Å². The molecule has 0 amide bonds. The van der Waals surface area contributed by atoms with Gasteiger partial charge in [0.2, 0.25) is 0 Å². The number of nitrogens with zero attached hydrogens (tertiary/aromatic N) is 1. The summed E-state index contributed by atoms with van der Waals surface area (Å²) in [5.74, 6) is -2.92. The number of H-pyrrole nitrogens is 1. The zero-order chi connectivity index (χ0) is 25.2. The lowest BCUT2D eigenvalue weighted by molar-refractivity contribution is -0.260. The van der Waals surface area contributed by atoms with Gasteiger partial charge in [0, 0.05) is 18.7 Å². The smallest absolute Gasteiger partial charge is 0.390 e.